The number of rotatable bonds is 4. The van der Waals surface area contributed by atoms with E-state index in [1.165, 1.54) is 0 Å². The number of carbonyl (C=O) groups excluding carboxylic acids is 2. The summed E-state index contributed by atoms with van der Waals surface area (Å²) in [7, 11) is 1.15. The summed E-state index contributed by atoms with van der Waals surface area (Å²) in [5.41, 5.74) is 2.77. The first-order chi connectivity index (χ1) is 10.1. The van der Waals surface area contributed by atoms with E-state index in [0.29, 0.717) is 11.1 Å². The molecule has 0 amide bonds. The minimum absolute atomic E-state index is 0.452. The Bertz CT molecular complexity index is 471. The summed E-state index contributed by atoms with van der Waals surface area (Å²) in [6.07, 6.45) is 0.591. The van der Waals surface area contributed by atoms with Gasteiger partial charge in [-0.2, -0.15) is 0 Å². The fraction of sp³-hybridized carbons (Fsp3) is 0.562. The molecule has 0 heterocycles. The van der Waals surface area contributed by atoms with Crippen molar-refractivity contribution < 1.29 is 29.0 Å². The third kappa shape index (κ3) is 8.94. The Hall–Kier alpha value is -2.11. The van der Waals surface area contributed by atoms with Gasteiger partial charge in [0.15, 0.2) is 0 Å². The molecule has 6 nitrogen and oxygen atoms in total. The molecule has 0 saturated carbocycles. The van der Waals surface area contributed by atoms with Crippen LogP contribution in [-0.2, 0) is 19.1 Å². The Morgan fingerprint density at radius 1 is 0.864 bits per heavy atom. The number of carboxylic acid groups (broad SMARTS) is 1. The second kappa shape index (κ2) is 11.5. The number of ether oxygens (including phenoxy) is 2. The Labute approximate surface area is 131 Å². The lowest BCUT2D eigenvalue weighted by Gasteiger charge is -2.03. The molecular weight excluding hydrogens is 288 g/mol. The molecule has 0 aromatic rings. The van der Waals surface area contributed by atoms with Gasteiger partial charge in [-0.25, -0.2) is 14.4 Å². The summed E-state index contributed by atoms with van der Waals surface area (Å²) < 4.78 is 8.51. The van der Waals surface area contributed by atoms with Crippen LogP contribution in [0.2, 0.25) is 0 Å². The van der Waals surface area contributed by atoms with E-state index < -0.39 is 18.1 Å². The summed E-state index contributed by atoms with van der Waals surface area (Å²) in [5.74, 6) is -1.46. The summed E-state index contributed by atoms with van der Waals surface area (Å²) in [5, 5.41) is 8.43. The fourth-order valence-corrected chi connectivity index (χ4v) is 1.08. The van der Waals surface area contributed by atoms with Crippen molar-refractivity contribution in [3.8, 4) is 0 Å². The Balaban J connectivity index is 0. The predicted molar refractivity (Wildman–Crippen MR) is 83.5 cm³/mol. The normalized spacial score (nSPS) is 12.1. The molecule has 0 spiro atoms. The van der Waals surface area contributed by atoms with Crippen LogP contribution in [0.25, 0.3) is 0 Å². The van der Waals surface area contributed by atoms with Gasteiger partial charge in [0.05, 0.1) is 7.11 Å². The maximum atomic E-state index is 11.1. The highest BCUT2D eigenvalue weighted by Crippen LogP contribution is 2.09. The number of hydrogen-bond acceptors (Lipinski definition) is 5. The van der Waals surface area contributed by atoms with E-state index in [1.807, 2.05) is 27.7 Å². The van der Waals surface area contributed by atoms with Crippen molar-refractivity contribution in [2.45, 2.75) is 54.4 Å². The van der Waals surface area contributed by atoms with Crippen LogP contribution in [0.5, 0.6) is 0 Å². The number of carboxylic acids is 1. The molecular formula is C16H26O6. The first kappa shape index (κ1) is 22.2. The van der Waals surface area contributed by atoms with E-state index in [2.05, 4.69) is 9.47 Å². The van der Waals surface area contributed by atoms with E-state index >= 15 is 0 Å². The van der Waals surface area contributed by atoms with Gasteiger partial charge >= 0.3 is 18.1 Å². The standard InChI is InChI=1S/C9H14O4.C7H12O2/c1-5-6(2)7(3)8(10)13-9(11)12-4;1-4-5(2)6(3)7(8)9/h5H2,1-4H3;4H2,1-3H3,(H,8,9)/b7-6+;6-5+. The van der Waals surface area contributed by atoms with E-state index in [1.54, 1.807) is 13.8 Å². The molecule has 0 fully saturated rings. The minimum Gasteiger partial charge on any atom is -0.478 e. The van der Waals surface area contributed by atoms with Crippen LogP contribution in [-0.4, -0.2) is 30.3 Å². The molecule has 0 aliphatic heterocycles. The molecule has 0 bridgehead atoms. The molecule has 0 aliphatic rings. The van der Waals surface area contributed by atoms with Crippen LogP contribution in [0.3, 0.4) is 0 Å². The molecule has 0 aliphatic carbocycles. The lowest BCUT2D eigenvalue weighted by Crippen LogP contribution is -2.13. The summed E-state index contributed by atoms with van der Waals surface area (Å²) in [4.78, 5) is 31.9. The van der Waals surface area contributed by atoms with Gasteiger partial charge in [0, 0.05) is 11.1 Å². The molecule has 6 heteroatoms. The first-order valence-corrected chi connectivity index (χ1v) is 6.98. The van der Waals surface area contributed by atoms with E-state index in [-0.39, 0.29) is 0 Å². The van der Waals surface area contributed by atoms with Crippen molar-refractivity contribution in [3.63, 3.8) is 0 Å². The third-order valence-electron chi connectivity index (χ3n) is 3.31. The monoisotopic (exact) mass is 314 g/mol. The lowest BCUT2D eigenvalue weighted by atomic mass is 10.1. The van der Waals surface area contributed by atoms with Gasteiger partial charge in [-0.15, -0.1) is 0 Å². The second-order valence-electron chi connectivity index (χ2n) is 4.67. The van der Waals surface area contributed by atoms with Gasteiger partial charge in [-0.05, 0) is 40.5 Å². The summed E-state index contributed by atoms with van der Waals surface area (Å²) in [6.45, 7) is 10.8. The van der Waals surface area contributed by atoms with Crippen molar-refractivity contribution in [1.29, 1.82) is 0 Å². The molecule has 0 unspecified atom stereocenters. The van der Waals surface area contributed by atoms with Crippen molar-refractivity contribution >= 4 is 18.1 Å². The first-order valence-electron chi connectivity index (χ1n) is 6.98. The topological polar surface area (TPSA) is 89.9 Å². The molecule has 0 atom stereocenters. The van der Waals surface area contributed by atoms with Gasteiger partial charge in [0.25, 0.3) is 0 Å². The van der Waals surface area contributed by atoms with Crippen molar-refractivity contribution in [2.75, 3.05) is 7.11 Å². The highest BCUT2D eigenvalue weighted by Gasteiger charge is 2.13. The predicted octanol–water partition coefficient (Wildman–Crippen LogP) is 3.86. The maximum absolute atomic E-state index is 11.1. The van der Waals surface area contributed by atoms with Crippen LogP contribution in [0.15, 0.2) is 22.3 Å². The SMILES string of the molecule is CC/C(C)=C(\C)C(=O)O.CC/C(C)=C(\C)C(=O)OC(=O)OC. The Morgan fingerprint density at radius 2 is 1.27 bits per heavy atom. The van der Waals surface area contributed by atoms with E-state index in [4.69, 9.17) is 5.11 Å². The zero-order chi connectivity index (χ0) is 17.9. The van der Waals surface area contributed by atoms with Crippen LogP contribution >= 0.6 is 0 Å². The van der Waals surface area contributed by atoms with Crippen LogP contribution in [0.1, 0.15) is 54.4 Å². The molecule has 0 rings (SSSR count). The number of aliphatic carboxylic acids is 1. The number of allylic oxidation sites excluding steroid dienone is 2. The average molecular weight is 314 g/mol. The summed E-state index contributed by atoms with van der Waals surface area (Å²) >= 11 is 0. The molecule has 126 valence electrons. The Morgan fingerprint density at radius 3 is 1.55 bits per heavy atom. The van der Waals surface area contributed by atoms with Gasteiger partial charge in [0.2, 0.25) is 0 Å². The number of carbonyl (C=O) groups is 3. The molecule has 0 aromatic heterocycles. The van der Waals surface area contributed by atoms with E-state index in [9.17, 15) is 14.4 Å². The second-order valence-corrected chi connectivity index (χ2v) is 4.67. The largest absolute Gasteiger partial charge is 0.516 e. The molecule has 0 aromatic carbocycles. The fourth-order valence-electron chi connectivity index (χ4n) is 1.08. The maximum Gasteiger partial charge on any atom is 0.516 e. The van der Waals surface area contributed by atoms with Crippen LogP contribution in [0, 0.1) is 0 Å². The molecule has 1 N–H and O–H groups in total. The summed E-state index contributed by atoms with van der Waals surface area (Å²) in [6, 6.07) is 0. The molecule has 22 heavy (non-hydrogen) atoms. The highest BCUT2D eigenvalue weighted by molar-refractivity contribution is 5.94. The van der Waals surface area contributed by atoms with Crippen molar-refractivity contribution in [2.24, 2.45) is 0 Å². The van der Waals surface area contributed by atoms with Crippen LogP contribution in [0.4, 0.5) is 4.79 Å². The van der Waals surface area contributed by atoms with Crippen LogP contribution < -0.4 is 0 Å². The van der Waals surface area contributed by atoms with E-state index in [0.717, 1.165) is 31.1 Å². The van der Waals surface area contributed by atoms with Gasteiger partial charge in [-0.3, -0.25) is 0 Å². The number of esters is 1. The Kier molecular flexibility index (Phi) is 11.6. The highest BCUT2D eigenvalue weighted by atomic mass is 16.7. The lowest BCUT2D eigenvalue weighted by molar-refractivity contribution is -0.135. The smallest absolute Gasteiger partial charge is 0.478 e. The van der Waals surface area contributed by atoms with Crippen molar-refractivity contribution in [1.82, 2.24) is 0 Å². The molecule has 0 radical (unpaired) electrons. The quantitative estimate of drug-likeness (QED) is 0.481. The number of methoxy groups -OCH3 is 1. The molecule has 0 saturated heterocycles. The number of hydrogen-bond donors (Lipinski definition) is 1. The zero-order valence-corrected chi connectivity index (χ0v) is 14.4. The zero-order valence-electron chi connectivity index (χ0n) is 14.4. The minimum atomic E-state index is -0.978. The van der Waals surface area contributed by atoms with Gasteiger partial charge < -0.3 is 14.6 Å². The van der Waals surface area contributed by atoms with Crippen molar-refractivity contribution in [3.05, 3.63) is 22.3 Å². The van der Waals surface area contributed by atoms with Gasteiger partial charge in [0.1, 0.15) is 0 Å². The van der Waals surface area contributed by atoms with Gasteiger partial charge in [-0.1, -0.05) is 25.0 Å². The third-order valence-corrected chi connectivity index (χ3v) is 3.31. The average Bonchev–Trinajstić information content (AvgIpc) is 2.51.